The first-order valence-corrected chi connectivity index (χ1v) is 13.9. The number of hydrogen-bond acceptors (Lipinski definition) is 6. The molecular weight excluding hydrogens is 504 g/mol. The Balaban J connectivity index is 1.70. The van der Waals surface area contributed by atoms with Crippen molar-refractivity contribution < 1.29 is 22.7 Å². The Labute approximate surface area is 222 Å². The lowest BCUT2D eigenvalue weighted by Crippen LogP contribution is -2.57. The fourth-order valence-electron chi connectivity index (χ4n) is 4.84. The number of nitrogens with zero attached hydrogens (tertiary/aromatic N) is 1. The number of piperidine rings is 1. The van der Waals surface area contributed by atoms with Gasteiger partial charge in [0, 0.05) is 12.1 Å². The van der Waals surface area contributed by atoms with E-state index in [9.17, 15) is 18.0 Å². The van der Waals surface area contributed by atoms with Crippen LogP contribution >= 0.6 is 0 Å². The van der Waals surface area contributed by atoms with E-state index in [1.54, 1.807) is 36.4 Å². The van der Waals surface area contributed by atoms with Crippen LogP contribution in [0.4, 0.5) is 0 Å². The van der Waals surface area contributed by atoms with Gasteiger partial charge in [-0.3, -0.25) is 10.2 Å². The number of esters is 1. The summed E-state index contributed by atoms with van der Waals surface area (Å²) in [5.41, 5.74) is 6.72. The van der Waals surface area contributed by atoms with Gasteiger partial charge in [0.15, 0.2) is 0 Å². The van der Waals surface area contributed by atoms with E-state index < -0.39 is 34.0 Å². The lowest BCUT2D eigenvalue weighted by Gasteiger charge is -2.38. The Hall–Kier alpha value is -3.76. The molecule has 0 radical (unpaired) electrons. The standard InChI is InChI=1S/C28H32N4O5S/c1-18-12-13-32(25(14-18)28(34)37-2)27(33)24(16-19-6-5-9-22(15-19)26(29)30)31-38(35,36)23-11-10-20-7-3-4-8-21(20)17-23/h3-11,15,17-18,24-25,31H,12-14,16H2,1-2H3,(H3,29,30). The van der Waals surface area contributed by atoms with Gasteiger partial charge in [0.2, 0.25) is 15.9 Å². The molecule has 38 heavy (non-hydrogen) atoms. The van der Waals surface area contributed by atoms with E-state index in [0.29, 0.717) is 30.5 Å². The van der Waals surface area contributed by atoms with Crippen LogP contribution < -0.4 is 10.5 Å². The fraction of sp³-hybridized carbons (Fsp3) is 0.321. The highest BCUT2D eigenvalue weighted by Crippen LogP contribution is 2.26. The zero-order valence-electron chi connectivity index (χ0n) is 21.4. The molecule has 1 aliphatic rings. The van der Waals surface area contributed by atoms with Crippen molar-refractivity contribution in [3.8, 4) is 0 Å². The zero-order chi connectivity index (χ0) is 27.4. The second-order valence-corrected chi connectivity index (χ2v) is 11.4. The van der Waals surface area contributed by atoms with Crippen LogP contribution in [-0.4, -0.2) is 56.8 Å². The van der Waals surface area contributed by atoms with Crippen LogP contribution in [0.15, 0.2) is 71.6 Å². The van der Waals surface area contributed by atoms with E-state index in [4.69, 9.17) is 15.9 Å². The van der Waals surface area contributed by atoms with Gasteiger partial charge in [0.25, 0.3) is 0 Å². The number of benzene rings is 3. The van der Waals surface area contributed by atoms with Gasteiger partial charge in [0.1, 0.15) is 17.9 Å². The molecule has 1 amide bonds. The Morgan fingerprint density at radius 1 is 1.11 bits per heavy atom. The fourth-order valence-corrected chi connectivity index (χ4v) is 6.06. The summed E-state index contributed by atoms with van der Waals surface area (Å²) < 4.78 is 34.6. The van der Waals surface area contributed by atoms with Crippen LogP contribution in [0, 0.1) is 11.3 Å². The molecule has 1 saturated heterocycles. The molecule has 4 N–H and O–H groups in total. The zero-order valence-corrected chi connectivity index (χ0v) is 22.2. The molecule has 0 spiro atoms. The average molecular weight is 537 g/mol. The number of nitrogen functional groups attached to an aromatic ring is 1. The predicted molar refractivity (Wildman–Crippen MR) is 145 cm³/mol. The number of nitrogens with two attached hydrogens (primary N) is 1. The number of carbonyl (C=O) groups excluding carboxylic acids is 2. The maximum atomic E-state index is 13.9. The monoisotopic (exact) mass is 536 g/mol. The molecule has 0 saturated carbocycles. The molecule has 3 unspecified atom stereocenters. The van der Waals surface area contributed by atoms with Crippen molar-refractivity contribution in [2.75, 3.05) is 13.7 Å². The summed E-state index contributed by atoms with van der Waals surface area (Å²) in [6, 6.07) is 17.0. The molecule has 9 nitrogen and oxygen atoms in total. The van der Waals surface area contributed by atoms with E-state index in [2.05, 4.69) is 4.72 Å². The minimum Gasteiger partial charge on any atom is -0.467 e. The first-order chi connectivity index (χ1) is 18.1. The van der Waals surface area contributed by atoms with E-state index in [0.717, 1.165) is 10.8 Å². The second kappa shape index (κ2) is 11.3. The number of hydrogen-bond donors (Lipinski definition) is 3. The van der Waals surface area contributed by atoms with Crippen LogP contribution in [-0.2, 0) is 30.8 Å². The Morgan fingerprint density at radius 2 is 1.84 bits per heavy atom. The van der Waals surface area contributed by atoms with Crippen LogP contribution in [0.2, 0.25) is 0 Å². The first kappa shape index (κ1) is 27.3. The lowest BCUT2D eigenvalue weighted by molar-refractivity contribution is -0.156. The summed E-state index contributed by atoms with van der Waals surface area (Å²) in [5.74, 6) is -0.963. The van der Waals surface area contributed by atoms with E-state index in [1.165, 1.54) is 18.1 Å². The van der Waals surface area contributed by atoms with Gasteiger partial charge in [-0.1, -0.05) is 55.5 Å². The van der Waals surface area contributed by atoms with Crippen LogP contribution in [0.3, 0.4) is 0 Å². The Kier molecular flexibility index (Phi) is 8.13. The van der Waals surface area contributed by atoms with Crippen molar-refractivity contribution in [1.29, 1.82) is 5.41 Å². The number of ether oxygens (including phenoxy) is 1. The van der Waals surface area contributed by atoms with Gasteiger partial charge in [-0.2, -0.15) is 4.72 Å². The number of carbonyl (C=O) groups is 2. The lowest BCUT2D eigenvalue weighted by atomic mass is 9.91. The summed E-state index contributed by atoms with van der Waals surface area (Å²) in [6.07, 6.45) is 1.12. The van der Waals surface area contributed by atoms with Crippen molar-refractivity contribution in [3.05, 3.63) is 77.9 Å². The molecule has 3 aromatic carbocycles. The van der Waals surface area contributed by atoms with Crippen LogP contribution in [0.5, 0.6) is 0 Å². The maximum absolute atomic E-state index is 13.9. The largest absolute Gasteiger partial charge is 0.467 e. The van der Waals surface area contributed by atoms with Crippen molar-refractivity contribution in [2.45, 2.75) is 43.2 Å². The molecule has 3 aromatic rings. The minimum atomic E-state index is -4.12. The van der Waals surface area contributed by atoms with E-state index in [-0.39, 0.29) is 23.1 Å². The van der Waals surface area contributed by atoms with Crippen molar-refractivity contribution >= 4 is 38.5 Å². The van der Waals surface area contributed by atoms with Crippen LogP contribution in [0.25, 0.3) is 10.8 Å². The second-order valence-electron chi connectivity index (χ2n) is 9.70. The predicted octanol–water partition coefficient (Wildman–Crippen LogP) is 2.81. The topological polar surface area (TPSA) is 143 Å². The molecule has 0 aliphatic carbocycles. The van der Waals surface area contributed by atoms with Crippen LogP contribution in [0.1, 0.15) is 30.9 Å². The van der Waals surface area contributed by atoms with E-state index >= 15 is 0 Å². The first-order valence-electron chi connectivity index (χ1n) is 12.4. The molecule has 0 aromatic heterocycles. The van der Waals surface area contributed by atoms with Crippen molar-refractivity contribution in [2.24, 2.45) is 11.7 Å². The number of amidine groups is 1. The molecule has 1 fully saturated rings. The quantitative estimate of drug-likeness (QED) is 0.230. The highest BCUT2D eigenvalue weighted by atomic mass is 32.2. The van der Waals surface area contributed by atoms with Gasteiger partial charge in [-0.15, -0.1) is 0 Å². The highest BCUT2D eigenvalue weighted by molar-refractivity contribution is 7.89. The maximum Gasteiger partial charge on any atom is 0.328 e. The number of methoxy groups -OCH3 is 1. The van der Waals surface area contributed by atoms with Gasteiger partial charge in [-0.25, -0.2) is 13.2 Å². The number of likely N-dealkylation sites (tertiary alicyclic amines) is 1. The van der Waals surface area contributed by atoms with Gasteiger partial charge in [0.05, 0.1) is 12.0 Å². The van der Waals surface area contributed by atoms with Crippen molar-refractivity contribution in [1.82, 2.24) is 9.62 Å². The number of nitrogens with one attached hydrogen (secondary N) is 2. The minimum absolute atomic E-state index is 0.00666. The molecule has 1 aliphatic heterocycles. The number of sulfonamides is 1. The summed E-state index contributed by atoms with van der Waals surface area (Å²) in [7, 11) is -2.84. The molecule has 3 atom stereocenters. The normalized spacial score (nSPS) is 18.6. The molecule has 1 heterocycles. The smallest absolute Gasteiger partial charge is 0.328 e. The highest BCUT2D eigenvalue weighted by Gasteiger charge is 2.39. The van der Waals surface area contributed by atoms with Crippen molar-refractivity contribution in [3.63, 3.8) is 0 Å². The third kappa shape index (κ3) is 6.03. The Morgan fingerprint density at radius 3 is 2.55 bits per heavy atom. The molecular formula is C28H32N4O5S. The molecule has 0 bridgehead atoms. The van der Waals surface area contributed by atoms with Gasteiger partial charge in [-0.05, 0) is 59.7 Å². The third-order valence-corrected chi connectivity index (χ3v) is 8.39. The summed E-state index contributed by atoms with van der Waals surface area (Å²) in [4.78, 5) is 27.9. The number of rotatable bonds is 8. The summed E-state index contributed by atoms with van der Waals surface area (Å²) >= 11 is 0. The van der Waals surface area contributed by atoms with Gasteiger partial charge >= 0.3 is 5.97 Å². The van der Waals surface area contributed by atoms with Gasteiger partial charge < -0.3 is 15.4 Å². The number of fused-ring (bicyclic) bond motifs is 1. The average Bonchev–Trinajstić information content (AvgIpc) is 2.91. The van der Waals surface area contributed by atoms with E-state index in [1.807, 2.05) is 31.2 Å². The SMILES string of the molecule is COC(=O)C1CC(C)CCN1C(=O)C(Cc1cccc(C(=N)N)c1)NS(=O)(=O)c1ccc2ccccc2c1. The Bertz CT molecular complexity index is 1470. The molecule has 4 rings (SSSR count). The number of amides is 1. The molecule has 200 valence electrons. The molecule has 10 heteroatoms. The summed E-state index contributed by atoms with van der Waals surface area (Å²) in [5, 5.41) is 9.38. The third-order valence-electron chi connectivity index (χ3n) is 6.93. The summed E-state index contributed by atoms with van der Waals surface area (Å²) in [6.45, 7) is 2.31.